The molecule has 162 valence electrons. The largest absolute Gasteiger partial charge is 0.349 e. The topological polar surface area (TPSA) is 66.5 Å². The predicted molar refractivity (Wildman–Crippen MR) is 115 cm³/mol. The lowest BCUT2D eigenvalue weighted by atomic mass is 9.95. The molecule has 1 aliphatic rings. The first-order chi connectivity index (χ1) is 14.1. The fourth-order valence-corrected chi connectivity index (χ4v) is 5.51. The molecule has 0 aliphatic carbocycles. The molecule has 7 heteroatoms. The Balaban J connectivity index is 1.71. The molecule has 0 bridgehead atoms. The Labute approximate surface area is 178 Å². The van der Waals surface area contributed by atoms with Gasteiger partial charge in [-0.3, -0.25) is 4.79 Å². The van der Waals surface area contributed by atoms with Gasteiger partial charge in [-0.15, -0.1) is 0 Å². The molecular formula is C23H29FN2O3S. The normalized spacial score (nSPS) is 18.8. The van der Waals surface area contributed by atoms with E-state index in [0.717, 1.165) is 23.3 Å². The van der Waals surface area contributed by atoms with Crippen LogP contribution in [0, 0.1) is 32.5 Å². The highest BCUT2D eigenvalue weighted by Gasteiger charge is 2.33. The Morgan fingerprint density at radius 2 is 1.73 bits per heavy atom. The monoisotopic (exact) mass is 432 g/mol. The Kier molecular flexibility index (Phi) is 6.62. The molecule has 0 spiro atoms. The molecule has 2 aromatic carbocycles. The van der Waals surface area contributed by atoms with Crippen molar-refractivity contribution in [3.8, 4) is 0 Å². The lowest BCUT2D eigenvalue weighted by Gasteiger charge is -2.32. The maximum atomic E-state index is 13.2. The molecule has 0 unspecified atom stereocenters. The molecule has 1 N–H and O–H groups in total. The third-order valence-corrected chi connectivity index (χ3v) is 7.79. The molecule has 2 atom stereocenters. The van der Waals surface area contributed by atoms with Crippen molar-refractivity contribution in [1.82, 2.24) is 9.62 Å². The van der Waals surface area contributed by atoms with Crippen molar-refractivity contribution in [2.45, 2.75) is 51.5 Å². The van der Waals surface area contributed by atoms with Gasteiger partial charge < -0.3 is 5.32 Å². The van der Waals surface area contributed by atoms with Crippen molar-refractivity contribution in [1.29, 1.82) is 0 Å². The van der Waals surface area contributed by atoms with E-state index in [0.29, 0.717) is 19.4 Å². The second-order valence-electron chi connectivity index (χ2n) is 8.18. The number of aryl methyl sites for hydroxylation is 3. The van der Waals surface area contributed by atoms with Gasteiger partial charge in [-0.05, 0) is 87.1 Å². The minimum atomic E-state index is -3.76. The number of carbonyl (C=O) groups excluding carboxylic acids is 1. The second-order valence-corrected chi connectivity index (χ2v) is 10.1. The number of halogens is 1. The van der Waals surface area contributed by atoms with E-state index in [-0.39, 0.29) is 23.4 Å². The van der Waals surface area contributed by atoms with Crippen LogP contribution in [0.3, 0.4) is 0 Å². The Morgan fingerprint density at radius 1 is 1.10 bits per heavy atom. The summed E-state index contributed by atoms with van der Waals surface area (Å²) in [5, 5.41) is 3.06. The number of amides is 1. The summed E-state index contributed by atoms with van der Waals surface area (Å²) in [6.45, 7) is 8.58. The molecule has 30 heavy (non-hydrogen) atoms. The van der Waals surface area contributed by atoms with Gasteiger partial charge in [-0.25, -0.2) is 12.8 Å². The van der Waals surface area contributed by atoms with Gasteiger partial charge in [0.2, 0.25) is 15.9 Å². The zero-order chi connectivity index (χ0) is 22.1. The van der Waals surface area contributed by atoms with E-state index in [9.17, 15) is 17.6 Å². The number of benzene rings is 2. The summed E-state index contributed by atoms with van der Waals surface area (Å²) in [7, 11) is -3.76. The molecule has 0 radical (unpaired) electrons. The first-order valence-electron chi connectivity index (χ1n) is 10.2. The van der Waals surface area contributed by atoms with Crippen molar-refractivity contribution in [3.63, 3.8) is 0 Å². The van der Waals surface area contributed by atoms with E-state index < -0.39 is 21.8 Å². The summed E-state index contributed by atoms with van der Waals surface area (Å²) in [6, 6.07) is 8.84. The smallest absolute Gasteiger partial charge is 0.243 e. The Morgan fingerprint density at radius 3 is 2.40 bits per heavy atom. The highest BCUT2D eigenvalue weighted by atomic mass is 32.2. The van der Waals surface area contributed by atoms with E-state index in [4.69, 9.17) is 0 Å². The van der Waals surface area contributed by atoms with E-state index in [1.165, 1.54) is 27.6 Å². The van der Waals surface area contributed by atoms with E-state index >= 15 is 0 Å². The van der Waals surface area contributed by atoms with E-state index in [1.54, 1.807) is 0 Å². The van der Waals surface area contributed by atoms with Crippen LogP contribution in [0.2, 0.25) is 0 Å². The minimum Gasteiger partial charge on any atom is -0.349 e. The van der Waals surface area contributed by atoms with Crippen LogP contribution < -0.4 is 5.32 Å². The second kappa shape index (κ2) is 8.86. The average molecular weight is 433 g/mol. The number of carbonyl (C=O) groups is 1. The summed E-state index contributed by atoms with van der Waals surface area (Å²) in [6.07, 6.45) is 1.25. The Bertz CT molecular complexity index is 1040. The molecule has 2 aromatic rings. The van der Waals surface area contributed by atoms with E-state index in [2.05, 4.69) is 24.4 Å². The zero-order valence-electron chi connectivity index (χ0n) is 17.9. The highest BCUT2D eigenvalue weighted by Crippen LogP contribution is 2.26. The average Bonchev–Trinajstić information content (AvgIpc) is 2.71. The van der Waals surface area contributed by atoms with Crippen molar-refractivity contribution in [2.75, 3.05) is 13.1 Å². The fraction of sp³-hybridized carbons (Fsp3) is 0.435. The summed E-state index contributed by atoms with van der Waals surface area (Å²) in [5.74, 6) is -1.04. The molecule has 1 fully saturated rings. The van der Waals surface area contributed by atoms with Crippen molar-refractivity contribution in [3.05, 3.63) is 64.5 Å². The highest BCUT2D eigenvalue weighted by molar-refractivity contribution is 7.89. The third-order valence-electron chi connectivity index (χ3n) is 5.91. The van der Waals surface area contributed by atoms with Gasteiger partial charge in [0.05, 0.1) is 16.9 Å². The van der Waals surface area contributed by atoms with Crippen LogP contribution in [-0.4, -0.2) is 31.7 Å². The number of sulfonamides is 1. The maximum Gasteiger partial charge on any atom is 0.243 e. The van der Waals surface area contributed by atoms with Crippen LogP contribution in [0.25, 0.3) is 0 Å². The van der Waals surface area contributed by atoms with Gasteiger partial charge >= 0.3 is 0 Å². The van der Waals surface area contributed by atoms with Crippen LogP contribution in [0.15, 0.2) is 41.3 Å². The van der Waals surface area contributed by atoms with Gasteiger partial charge in [0, 0.05) is 13.1 Å². The molecule has 5 nitrogen and oxygen atoms in total. The number of nitrogens with zero attached hydrogens (tertiary/aromatic N) is 1. The minimum absolute atomic E-state index is 0.0454. The van der Waals surface area contributed by atoms with Crippen molar-refractivity contribution >= 4 is 15.9 Å². The van der Waals surface area contributed by atoms with Gasteiger partial charge in [0.25, 0.3) is 0 Å². The SMILES string of the molecule is Cc1cc(C)c([C@H](C)NC(=O)[C@@H]2CCCN(S(=O)(=O)c3ccc(F)cc3)C2)cc1C. The summed E-state index contributed by atoms with van der Waals surface area (Å²) in [5.41, 5.74) is 4.57. The number of piperidine rings is 1. The molecule has 1 aliphatic heterocycles. The quantitative estimate of drug-likeness (QED) is 0.776. The molecule has 1 saturated heterocycles. The van der Waals surface area contributed by atoms with Gasteiger partial charge in [-0.2, -0.15) is 4.31 Å². The standard InChI is InChI=1S/C23H29FN2O3S/c1-15-12-17(3)22(13-16(15)2)18(4)25-23(27)19-6-5-11-26(14-19)30(28,29)21-9-7-20(24)8-10-21/h7-10,12-13,18-19H,5-6,11,14H2,1-4H3,(H,25,27)/t18-,19+/m0/s1. The van der Waals surface area contributed by atoms with Crippen LogP contribution in [0.4, 0.5) is 4.39 Å². The van der Waals surface area contributed by atoms with Crippen molar-refractivity contribution in [2.24, 2.45) is 5.92 Å². The Hall–Kier alpha value is -2.25. The summed E-state index contributed by atoms with van der Waals surface area (Å²) < 4.78 is 40.3. The number of hydrogen-bond acceptors (Lipinski definition) is 3. The van der Waals surface area contributed by atoms with Gasteiger partial charge in [-0.1, -0.05) is 12.1 Å². The predicted octanol–water partition coefficient (Wildman–Crippen LogP) is 4.03. The van der Waals surface area contributed by atoms with Crippen LogP contribution in [-0.2, 0) is 14.8 Å². The number of nitrogens with one attached hydrogen (secondary N) is 1. The van der Waals surface area contributed by atoms with Crippen LogP contribution in [0.1, 0.15) is 48.1 Å². The lowest BCUT2D eigenvalue weighted by molar-refractivity contribution is -0.126. The third kappa shape index (κ3) is 4.73. The van der Waals surface area contributed by atoms with E-state index in [1.807, 2.05) is 20.8 Å². The van der Waals surface area contributed by atoms with Crippen molar-refractivity contribution < 1.29 is 17.6 Å². The number of rotatable bonds is 5. The summed E-state index contributed by atoms with van der Waals surface area (Å²) in [4.78, 5) is 13.0. The van der Waals surface area contributed by atoms with Crippen LogP contribution >= 0.6 is 0 Å². The van der Waals surface area contributed by atoms with Gasteiger partial charge in [0.15, 0.2) is 0 Å². The lowest BCUT2D eigenvalue weighted by Crippen LogP contribution is -2.45. The zero-order valence-corrected chi connectivity index (χ0v) is 18.7. The molecule has 0 saturated carbocycles. The molecule has 1 heterocycles. The maximum absolute atomic E-state index is 13.2. The molecule has 0 aromatic heterocycles. The molecule has 1 amide bonds. The fourth-order valence-electron chi connectivity index (χ4n) is 3.99. The van der Waals surface area contributed by atoms with Gasteiger partial charge in [0.1, 0.15) is 5.82 Å². The number of hydrogen-bond donors (Lipinski definition) is 1. The molecule has 3 rings (SSSR count). The van der Waals surface area contributed by atoms with Crippen LogP contribution in [0.5, 0.6) is 0 Å². The summed E-state index contributed by atoms with van der Waals surface area (Å²) >= 11 is 0. The first-order valence-corrected chi connectivity index (χ1v) is 11.7. The molecular weight excluding hydrogens is 403 g/mol. The first kappa shape index (κ1) is 22.4.